The van der Waals surface area contributed by atoms with Crippen LogP contribution in [0.25, 0.3) is 0 Å². The molecule has 0 heterocycles. The highest BCUT2D eigenvalue weighted by atomic mass is 16.4. The molecule has 2 saturated carbocycles. The van der Waals surface area contributed by atoms with Gasteiger partial charge < -0.3 is 10.2 Å². The number of aliphatic hydroxyl groups excluding tert-OH is 1. The molecule has 150 valence electrons. The van der Waals surface area contributed by atoms with Gasteiger partial charge in [-0.3, -0.25) is 0 Å². The first kappa shape index (κ1) is 21.7. The number of carbonyl (C=O) groups is 1. The number of carboxylic acids is 1. The van der Waals surface area contributed by atoms with Crippen LogP contribution in [-0.2, 0) is 4.79 Å². The van der Waals surface area contributed by atoms with Crippen molar-refractivity contribution in [3.63, 3.8) is 0 Å². The van der Waals surface area contributed by atoms with Crippen molar-refractivity contribution in [2.75, 3.05) is 0 Å². The molecule has 0 aromatic rings. The van der Waals surface area contributed by atoms with E-state index in [-0.39, 0.29) is 12.0 Å². The zero-order valence-electron chi connectivity index (χ0n) is 17.5. The SMILES string of the molecule is CCC(C)/C=C(\C)[C@H]1C(=C=C/C=C/C(=O)O)[C@H]2[C@@H](C[C@H]1C)[C@@H](O)CC[C@@H]2C. The van der Waals surface area contributed by atoms with Crippen LogP contribution in [0.4, 0.5) is 0 Å². The van der Waals surface area contributed by atoms with Gasteiger partial charge in [-0.2, -0.15) is 0 Å². The Morgan fingerprint density at radius 3 is 2.63 bits per heavy atom. The van der Waals surface area contributed by atoms with Crippen LogP contribution in [0.5, 0.6) is 0 Å². The average Bonchev–Trinajstić information content (AvgIpc) is 2.60. The molecular weight excluding hydrogens is 336 g/mol. The predicted octanol–water partition coefficient (Wildman–Crippen LogP) is 5.38. The molecule has 0 aromatic carbocycles. The van der Waals surface area contributed by atoms with Crippen LogP contribution in [0.1, 0.15) is 60.3 Å². The highest BCUT2D eigenvalue weighted by Crippen LogP contribution is 2.52. The normalized spacial score (nSPS) is 35.5. The Labute approximate surface area is 164 Å². The van der Waals surface area contributed by atoms with Crippen LogP contribution in [0.3, 0.4) is 0 Å². The number of carboxylic acid groups (broad SMARTS) is 1. The van der Waals surface area contributed by atoms with Crippen molar-refractivity contribution in [1.82, 2.24) is 0 Å². The molecule has 27 heavy (non-hydrogen) atoms. The quantitative estimate of drug-likeness (QED) is 0.295. The maximum atomic E-state index is 10.8. The summed E-state index contributed by atoms with van der Waals surface area (Å²) in [5.41, 5.74) is 6.12. The first-order valence-corrected chi connectivity index (χ1v) is 10.5. The number of fused-ring (bicyclic) bond motifs is 1. The second-order valence-corrected chi connectivity index (χ2v) is 8.76. The van der Waals surface area contributed by atoms with Gasteiger partial charge in [-0.15, -0.1) is 5.73 Å². The lowest BCUT2D eigenvalue weighted by Gasteiger charge is -2.49. The summed E-state index contributed by atoms with van der Waals surface area (Å²) in [7, 11) is 0. The van der Waals surface area contributed by atoms with Gasteiger partial charge >= 0.3 is 5.97 Å². The zero-order valence-corrected chi connectivity index (χ0v) is 17.5. The number of hydrogen-bond acceptors (Lipinski definition) is 2. The van der Waals surface area contributed by atoms with Crippen molar-refractivity contribution in [1.29, 1.82) is 0 Å². The Morgan fingerprint density at radius 1 is 1.30 bits per heavy atom. The van der Waals surface area contributed by atoms with E-state index in [1.54, 1.807) is 12.2 Å². The fraction of sp³-hybridized carbons (Fsp3) is 0.667. The molecule has 2 N–H and O–H groups in total. The molecule has 2 aliphatic carbocycles. The monoisotopic (exact) mass is 372 g/mol. The van der Waals surface area contributed by atoms with E-state index >= 15 is 0 Å². The van der Waals surface area contributed by atoms with Gasteiger partial charge in [0.1, 0.15) is 0 Å². The molecule has 0 spiro atoms. The van der Waals surface area contributed by atoms with Gasteiger partial charge in [-0.1, -0.05) is 45.8 Å². The van der Waals surface area contributed by atoms with E-state index in [0.29, 0.717) is 29.6 Å². The zero-order chi connectivity index (χ0) is 20.1. The van der Waals surface area contributed by atoms with E-state index < -0.39 is 5.97 Å². The highest BCUT2D eigenvalue weighted by Gasteiger charge is 2.46. The molecule has 0 radical (unpaired) electrons. The van der Waals surface area contributed by atoms with Crippen LogP contribution in [0.15, 0.2) is 41.2 Å². The van der Waals surface area contributed by atoms with E-state index in [1.807, 2.05) is 0 Å². The number of allylic oxidation sites excluding steroid dienone is 4. The number of hydrogen-bond donors (Lipinski definition) is 2. The molecule has 0 saturated heterocycles. The van der Waals surface area contributed by atoms with Crippen LogP contribution in [0, 0.1) is 35.5 Å². The molecule has 1 unspecified atom stereocenters. The Morgan fingerprint density at radius 2 is 2.00 bits per heavy atom. The summed E-state index contributed by atoms with van der Waals surface area (Å²) in [6.07, 6.45) is 10.7. The summed E-state index contributed by atoms with van der Waals surface area (Å²) >= 11 is 0. The van der Waals surface area contributed by atoms with Crippen LogP contribution >= 0.6 is 0 Å². The molecule has 2 aliphatic rings. The molecule has 0 bridgehead atoms. The molecule has 2 rings (SSSR count). The second-order valence-electron chi connectivity index (χ2n) is 8.76. The smallest absolute Gasteiger partial charge is 0.328 e. The van der Waals surface area contributed by atoms with Gasteiger partial charge in [0.05, 0.1) is 6.10 Å². The van der Waals surface area contributed by atoms with Gasteiger partial charge in [0, 0.05) is 12.0 Å². The van der Waals surface area contributed by atoms with Crippen LogP contribution < -0.4 is 0 Å². The van der Waals surface area contributed by atoms with Crippen molar-refractivity contribution in [3.05, 3.63) is 41.2 Å². The number of aliphatic carboxylic acids is 1. The predicted molar refractivity (Wildman–Crippen MR) is 110 cm³/mol. The Bertz CT molecular complexity index is 651. The molecule has 3 nitrogen and oxygen atoms in total. The lowest BCUT2D eigenvalue weighted by atomic mass is 9.56. The number of rotatable bonds is 5. The third kappa shape index (κ3) is 5.24. The molecular formula is C24H36O3. The fourth-order valence-electron chi connectivity index (χ4n) is 5.23. The maximum absolute atomic E-state index is 10.8. The lowest BCUT2D eigenvalue weighted by Crippen LogP contribution is -2.45. The van der Waals surface area contributed by atoms with Crippen LogP contribution in [-0.4, -0.2) is 22.3 Å². The van der Waals surface area contributed by atoms with Gasteiger partial charge in [-0.25, -0.2) is 4.79 Å². The number of aliphatic hydroxyl groups is 1. The summed E-state index contributed by atoms with van der Waals surface area (Å²) in [5.74, 6) is 1.50. The maximum Gasteiger partial charge on any atom is 0.328 e. The summed E-state index contributed by atoms with van der Waals surface area (Å²) in [6.45, 7) is 11.3. The third-order valence-corrected chi connectivity index (χ3v) is 6.66. The first-order valence-electron chi connectivity index (χ1n) is 10.5. The van der Waals surface area contributed by atoms with E-state index in [4.69, 9.17) is 5.11 Å². The minimum atomic E-state index is -0.946. The highest BCUT2D eigenvalue weighted by molar-refractivity contribution is 5.80. The van der Waals surface area contributed by atoms with Gasteiger partial charge in [-0.05, 0) is 73.5 Å². The summed E-state index contributed by atoms with van der Waals surface area (Å²) in [5, 5.41) is 19.5. The fourth-order valence-corrected chi connectivity index (χ4v) is 5.23. The van der Waals surface area contributed by atoms with Crippen molar-refractivity contribution in [3.8, 4) is 0 Å². The van der Waals surface area contributed by atoms with Crippen molar-refractivity contribution < 1.29 is 15.0 Å². The standard InChI is InChI=1S/C24H36O3/c1-6-15(2)13-17(4)23-18(5)14-20-21(25)12-11-16(3)24(20)19(23)9-7-8-10-22(26)27/h7-8,10,13,15-16,18,20-21,23-25H,6,11-12,14H2,1-5H3,(H,26,27)/b10-8+,17-13+/t9?,15?,16-,18+,20-,21-,23+,24-/m0/s1. The Hall–Kier alpha value is -1.57. The Kier molecular flexibility index (Phi) is 7.70. The van der Waals surface area contributed by atoms with Crippen molar-refractivity contribution in [2.45, 2.75) is 66.4 Å². The van der Waals surface area contributed by atoms with E-state index in [0.717, 1.165) is 31.8 Å². The van der Waals surface area contributed by atoms with E-state index in [1.165, 1.54) is 11.1 Å². The summed E-state index contributed by atoms with van der Waals surface area (Å²) in [6, 6.07) is 0. The minimum absolute atomic E-state index is 0.236. The third-order valence-electron chi connectivity index (χ3n) is 6.66. The lowest BCUT2D eigenvalue weighted by molar-refractivity contribution is -0.131. The van der Waals surface area contributed by atoms with Crippen molar-refractivity contribution in [2.24, 2.45) is 35.5 Å². The van der Waals surface area contributed by atoms with Gasteiger partial charge in [0.25, 0.3) is 0 Å². The molecule has 0 aliphatic heterocycles. The molecule has 0 amide bonds. The average molecular weight is 373 g/mol. The topological polar surface area (TPSA) is 57.5 Å². The molecule has 7 atom stereocenters. The molecule has 2 fully saturated rings. The largest absolute Gasteiger partial charge is 0.478 e. The first-order chi connectivity index (χ1) is 12.8. The van der Waals surface area contributed by atoms with Crippen LogP contribution in [0.2, 0.25) is 0 Å². The summed E-state index contributed by atoms with van der Waals surface area (Å²) < 4.78 is 0. The van der Waals surface area contributed by atoms with E-state index in [2.05, 4.69) is 46.4 Å². The molecule has 3 heteroatoms. The van der Waals surface area contributed by atoms with Crippen molar-refractivity contribution >= 4 is 5.97 Å². The Balaban J connectivity index is 2.51. The minimum Gasteiger partial charge on any atom is -0.478 e. The van der Waals surface area contributed by atoms with E-state index in [9.17, 15) is 9.90 Å². The molecule has 0 aromatic heterocycles. The summed E-state index contributed by atoms with van der Waals surface area (Å²) in [4.78, 5) is 10.8. The van der Waals surface area contributed by atoms with Gasteiger partial charge in [0.15, 0.2) is 0 Å². The second kappa shape index (κ2) is 9.57. The van der Waals surface area contributed by atoms with Gasteiger partial charge in [0.2, 0.25) is 0 Å².